The highest BCUT2D eigenvalue weighted by atomic mass is 19.3. The molecule has 3 N–H and O–H groups in total. The van der Waals surface area contributed by atoms with E-state index >= 15 is 0 Å². The smallest absolute Gasteiger partial charge is 0.290 e. The first-order valence-electron chi connectivity index (χ1n) is 9.44. The quantitative estimate of drug-likeness (QED) is 0.493. The minimum Gasteiger partial charge on any atom is -0.490 e. The molecule has 162 valence electrons. The van der Waals surface area contributed by atoms with Crippen LogP contribution in [0.3, 0.4) is 0 Å². The standard InChI is InChI=1S/C22H26F2N2O.CH2O2/c1-5-6-18-11-16(17-9-10-26-19(12-17)21(23)24)7-8-20(18)27-14-22(4,25)13-15(2)3;2-1-3/h7-12,15,21H,13-14,25H2,1-4H3;1H,(H,2,3). The number of pyridine rings is 1. The van der Waals surface area contributed by atoms with Gasteiger partial charge in [0.15, 0.2) is 0 Å². The number of ether oxygens (including phenoxy) is 1. The number of halogens is 2. The molecule has 1 aromatic heterocycles. The molecule has 0 saturated heterocycles. The van der Waals surface area contributed by atoms with Gasteiger partial charge in [0.05, 0.1) is 5.56 Å². The third kappa shape index (κ3) is 8.18. The summed E-state index contributed by atoms with van der Waals surface area (Å²) in [5.74, 6) is 6.99. The third-order valence-corrected chi connectivity index (χ3v) is 4.01. The van der Waals surface area contributed by atoms with E-state index in [-0.39, 0.29) is 12.2 Å². The molecule has 1 aromatic carbocycles. The minimum absolute atomic E-state index is 0.247. The van der Waals surface area contributed by atoms with Crippen LogP contribution in [-0.4, -0.2) is 28.7 Å². The highest BCUT2D eigenvalue weighted by Gasteiger charge is 2.21. The molecule has 1 unspecified atom stereocenters. The van der Waals surface area contributed by atoms with Gasteiger partial charge in [-0.15, -0.1) is 5.92 Å². The maximum absolute atomic E-state index is 12.9. The second-order valence-electron chi connectivity index (χ2n) is 7.50. The van der Waals surface area contributed by atoms with Gasteiger partial charge >= 0.3 is 0 Å². The van der Waals surface area contributed by atoms with Gasteiger partial charge in [-0.25, -0.2) is 8.78 Å². The first-order chi connectivity index (χ1) is 14.1. The Hall–Kier alpha value is -2.98. The molecule has 7 heteroatoms. The zero-order valence-electron chi connectivity index (χ0n) is 17.7. The van der Waals surface area contributed by atoms with Crippen LogP contribution < -0.4 is 10.5 Å². The number of alkyl halides is 2. The maximum Gasteiger partial charge on any atom is 0.290 e. The maximum atomic E-state index is 12.9. The minimum atomic E-state index is -2.61. The highest BCUT2D eigenvalue weighted by molar-refractivity contribution is 5.67. The number of carbonyl (C=O) groups is 1. The van der Waals surface area contributed by atoms with E-state index in [0.717, 1.165) is 12.0 Å². The Morgan fingerprint density at radius 3 is 2.47 bits per heavy atom. The van der Waals surface area contributed by atoms with Crippen LogP contribution in [-0.2, 0) is 4.79 Å². The molecular formula is C23H28F2N2O3. The van der Waals surface area contributed by atoms with Gasteiger partial charge < -0.3 is 15.6 Å². The third-order valence-electron chi connectivity index (χ3n) is 4.01. The van der Waals surface area contributed by atoms with E-state index in [0.29, 0.717) is 29.4 Å². The largest absolute Gasteiger partial charge is 0.490 e. The van der Waals surface area contributed by atoms with Crippen LogP contribution in [0.2, 0.25) is 0 Å². The summed E-state index contributed by atoms with van der Waals surface area (Å²) in [4.78, 5) is 12.1. The van der Waals surface area contributed by atoms with Crippen molar-refractivity contribution in [2.75, 3.05) is 6.61 Å². The number of aromatic nitrogens is 1. The summed E-state index contributed by atoms with van der Waals surface area (Å²) in [6.45, 7) is 8.07. The lowest BCUT2D eigenvalue weighted by molar-refractivity contribution is -0.122. The van der Waals surface area contributed by atoms with Crippen LogP contribution in [0.25, 0.3) is 11.1 Å². The average molecular weight is 418 g/mol. The number of nitrogens with zero attached hydrogens (tertiary/aromatic N) is 1. The van der Waals surface area contributed by atoms with Crippen molar-refractivity contribution < 1.29 is 23.4 Å². The van der Waals surface area contributed by atoms with Crippen molar-refractivity contribution in [1.82, 2.24) is 4.98 Å². The van der Waals surface area contributed by atoms with Gasteiger partial charge in [-0.2, -0.15) is 0 Å². The van der Waals surface area contributed by atoms with Crippen LogP contribution in [0.5, 0.6) is 5.75 Å². The van der Waals surface area contributed by atoms with E-state index in [1.54, 1.807) is 13.0 Å². The van der Waals surface area contributed by atoms with Crippen molar-refractivity contribution in [2.45, 2.75) is 46.1 Å². The topological polar surface area (TPSA) is 85.4 Å². The number of rotatable bonds is 7. The van der Waals surface area contributed by atoms with E-state index < -0.39 is 12.0 Å². The number of nitrogens with two attached hydrogens (primary N) is 1. The molecule has 30 heavy (non-hydrogen) atoms. The molecule has 0 aliphatic carbocycles. The van der Waals surface area contributed by atoms with Gasteiger partial charge in [-0.05, 0) is 61.6 Å². The van der Waals surface area contributed by atoms with Gasteiger partial charge in [-0.1, -0.05) is 25.8 Å². The molecule has 1 heterocycles. The molecule has 5 nitrogen and oxygen atoms in total. The number of hydrogen-bond acceptors (Lipinski definition) is 4. The van der Waals surface area contributed by atoms with Crippen LogP contribution in [0, 0.1) is 17.8 Å². The Bertz CT molecular complexity index is 888. The molecule has 0 spiro atoms. The summed E-state index contributed by atoms with van der Waals surface area (Å²) in [5.41, 5.74) is 7.77. The van der Waals surface area contributed by atoms with Crippen molar-refractivity contribution in [2.24, 2.45) is 11.7 Å². The van der Waals surface area contributed by atoms with Crippen molar-refractivity contribution in [3.05, 3.63) is 47.8 Å². The van der Waals surface area contributed by atoms with Gasteiger partial charge in [0.2, 0.25) is 0 Å². The van der Waals surface area contributed by atoms with E-state index in [1.807, 2.05) is 25.1 Å². The molecule has 2 rings (SSSR count). The van der Waals surface area contributed by atoms with Crippen molar-refractivity contribution in [1.29, 1.82) is 0 Å². The van der Waals surface area contributed by atoms with Crippen LogP contribution >= 0.6 is 0 Å². The van der Waals surface area contributed by atoms with Crippen molar-refractivity contribution >= 4 is 6.47 Å². The molecule has 0 amide bonds. The first-order valence-corrected chi connectivity index (χ1v) is 9.44. The molecule has 0 saturated carbocycles. The second kappa shape index (κ2) is 11.9. The lowest BCUT2D eigenvalue weighted by Crippen LogP contribution is -2.43. The fourth-order valence-electron chi connectivity index (χ4n) is 3.05. The Balaban J connectivity index is 0.00000141. The fourth-order valence-corrected chi connectivity index (χ4v) is 3.05. The predicted octanol–water partition coefficient (Wildman–Crippen LogP) is 4.90. The summed E-state index contributed by atoms with van der Waals surface area (Å²) in [6, 6.07) is 8.57. The summed E-state index contributed by atoms with van der Waals surface area (Å²) < 4.78 is 31.8. The highest BCUT2D eigenvalue weighted by Crippen LogP contribution is 2.29. The van der Waals surface area contributed by atoms with Gasteiger partial charge in [0, 0.05) is 11.7 Å². The number of hydrogen-bond donors (Lipinski definition) is 2. The molecule has 0 fully saturated rings. The van der Waals surface area contributed by atoms with E-state index in [9.17, 15) is 8.78 Å². The predicted molar refractivity (Wildman–Crippen MR) is 113 cm³/mol. The van der Waals surface area contributed by atoms with Crippen LogP contribution in [0.1, 0.15) is 51.8 Å². The molecule has 0 aliphatic heterocycles. The van der Waals surface area contributed by atoms with E-state index in [4.69, 9.17) is 20.4 Å². The van der Waals surface area contributed by atoms with Gasteiger partial charge in [-0.3, -0.25) is 9.78 Å². The summed E-state index contributed by atoms with van der Waals surface area (Å²) in [7, 11) is 0. The summed E-state index contributed by atoms with van der Waals surface area (Å²) >= 11 is 0. The molecular weight excluding hydrogens is 390 g/mol. The Kier molecular flexibility index (Phi) is 9.93. The Morgan fingerprint density at radius 2 is 1.90 bits per heavy atom. The van der Waals surface area contributed by atoms with Crippen LogP contribution in [0.15, 0.2) is 36.5 Å². The zero-order valence-corrected chi connectivity index (χ0v) is 17.7. The van der Waals surface area contributed by atoms with Crippen molar-refractivity contribution in [3.8, 4) is 28.7 Å². The number of carboxylic acid groups (broad SMARTS) is 1. The van der Waals surface area contributed by atoms with E-state index in [2.05, 4.69) is 30.7 Å². The Labute approximate surface area is 176 Å². The molecule has 2 aromatic rings. The lowest BCUT2D eigenvalue weighted by Gasteiger charge is -2.27. The molecule has 1 atom stereocenters. The summed E-state index contributed by atoms with van der Waals surface area (Å²) in [5, 5.41) is 6.89. The van der Waals surface area contributed by atoms with Gasteiger partial charge in [0.1, 0.15) is 18.1 Å². The van der Waals surface area contributed by atoms with Crippen LogP contribution in [0.4, 0.5) is 8.78 Å². The summed E-state index contributed by atoms with van der Waals surface area (Å²) in [6.07, 6.45) is -0.378. The van der Waals surface area contributed by atoms with E-state index in [1.165, 1.54) is 12.3 Å². The average Bonchev–Trinajstić information content (AvgIpc) is 2.67. The monoisotopic (exact) mass is 418 g/mol. The van der Waals surface area contributed by atoms with Crippen molar-refractivity contribution in [3.63, 3.8) is 0 Å². The molecule has 0 bridgehead atoms. The zero-order chi connectivity index (χ0) is 22.7. The number of benzene rings is 1. The normalized spacial score (nSPS) is 12.3. The first kappa shape index (κ1) is 25.1. The SMILES string of the molecule is CC#Cc1cc(-c2ccnc(C(F)F)c2)ccc1OCC(C)(N)CC(C)C.O=CO. The second-order valence-corrected chi connectivity index (χ2v) is 7.50. The fraction of sp³-hybridized carbons (Fsp3) is 0.391. The molecule has 0 aliphatic rings. The molecule has 0 radical (unpaired) electrons. The van der Waals surface area contributed by atoms with Gasteiger partial charge in [0.25, 0.3) is 12.9 Å². The lowest BCUT2D eigenvalue weighted by atomic mass is 9.93. The Morgan fingerprint density at radius 1 is 1.27 bits per heavy atom.